The molecule has 2 N–H and O–H groups in total. The van der Waals surface area contributed by atoms with Gasteiger partial charge >= 0.3 is 6.03 Å². The van der Waals surface area contributed by atoms with Crippen molar-refractivity contribution in [2.45, 2.75) is 38.3 Å². The van der Waals surface area contributed by atoms with E-state index in [4.69, 9.17) is 0 Å². The monoisotopic (exact) mass is 382 g/mol. The van der Waals surface area contributed by atoms with E-state index in [9.17, 15) is 4.79 Å². The number of carbonyl (C=O) groups is 1. The van der Waals surface area contributed by atoms with Gasteiger partial charge < -0.3 is 20.4 Å². The van der Waals surface area contributed by atoms with Crippen molar-refractivity contribution in [2.24, 2.45) is 0 Å². The summed E-state index contributed by atoms with van der Waals surface area (Å²) in [5.74, 6) is 0.942. The number of nitrogens with one attached hydrogen (secondary N) is 2. The maximum Gasteiger partial charge on any atom is 0.317 e. The minimum Gasteiger partial charge on any atom is -0.381 e. The molecule has 0 aliphatic carbocycles. The van der Waals surface area contributed by atoms with Gasteiger partial charge in [-0.05, 0) is 56.0 Å². The first-order chi connectivity index (χ1) is 13.5. The zero-order valence-electron chi connectivity index (χ0n) is 16.9. The van der Waals surface area contributed by atoms with Crippen LogP contribution in [0.1, 0.15) is 37.8 Å². The Morgan fingerprint density at radius 2 is 1.96 bits per heavy atom. The predicted octanol–water partition coefficient (Wildman–Crippen LogP) is 3.28. The summed E-state index contributed by atoms with van der Waals surface area (Å²) in [5, 5.41) is 6.67. The summed E-state index contributed by atoms with van der Waals surface area (Å²) in [5.41, 5.74) is 2.09. The maximum atomic E-state index is 12.7. The van der Waals surface area contributed by atoms with E-state index in [1.54, 1.807) is 12.4 Å². The quantitative estimate of drug-likeness (QED) is 0.830. The fourth-order valence-corrected chi connectivity index (χ4v) is 3.43. The van der Waals surface area contributed by atoms with Crippen molar-refractivity contribution in [3.63, 3.8) is 0 Å². The van der Waals surface area contributed by atoms with Gasteiger partial charge in [-0.3, -0.25) is 4.98 Å². The van der Waals surface area contributed by atoms with Crippen LogP contribution in [0.5, 0.6) is 0 Å². The number of aromatic nitrogens is 2. The molecule has 3 rings (SSSR count). The van der Waals surface area contributed by atoms with Crippen molar-refractivity contribution in [1.82, 2.24) is 20.2 Å². The summed E-state index contributed by atoms with van der Waals surface area (Å²) in [4.78, 5) is 25.1. The minimum atomic E-state index is -0.0334. The smallest absolute Gasteiger partial charge is 0.317 e. The second kappa shape index (κ2) is 9.39. The highest BCUT2D eigenvalue weighted by Gasteiger charge is 2.22. The Morgan fingerprint density at radius 1 is 1.18 bits per heavy atom. The fraction of sp³-hybridized carbons (Fsp3) is 0.476. The number of likely N-dealkylation sites (tertiary alicyclic amines) is 1. The molecule has 1 saturated heterocycles. The molecule has 2 aromatic rings. The van der Waals surface area contributed by atoms with E-state index >= 15 is 0 Å². The van der Waals surface area contributed by atoms with Crippen LogP contribution in [0.3, 0.4) is 0 Å². The van der Waals surface area contributed by atoms with Gasteiger partial charge in [-0.1, -0.05) is 0 Å². The van der Waals surface area contributed by atoms with Gasteiger partial charge in [0.1, 0.15) is 5.82 Å². The average Bonchev–Trinajstić information content (AvgIpc) is 2.94. The predicted molar refractivity (Wildman–Crippen MR) is 113 cm³/mol. The van der Waals surface area contributed by atoms with Crippen molar-refractivity contribution in [1.29, 1.82) is 0 Å². The number of hydrogen-bond donors (Lipinski definition) is 2. The number of anilines is 2. The molecule has 1 fully saturated rings. The third kappa shape index (κ3) is 5.34. The van der Waals surface area contributed by atoms with E-state index in [1.165, 1.54) is 0 Å². The Bertz CT molecular complexity index is 749. The first kappa shape index (κ1) is 19.9. The number of nitrogens with zero attached hydrogens (tertiary/aromatic N) is 4. The third-order valence-corrected chi connectivity index (χ3v) is 5.14. The number of rotatable bonds is 5. The molecular weight excluding hydrogens is 352 g/mol. The normalized spacial score (nSPS) is 18.1. The van der Waals surface area contributed by atoms with Crippen LogP contribution in [0.25, 0.3) is 0 Å². The van der Waals surface area contributed by atoms with Crippen LogP contribution in [0.15, 0.2) is 42.9 Å². The molecule has 150 valence electrons. The van der Waals surface area contributed by atoms with Gasteiger partial charge in [0.2, 0.25) is 0 Å². The molecule has 0 bridgehead atoms. The first-order valence-corrected chi connectivity index (χ1v) is 9.88. The highest BCUT2D eigenvalue weighted by Crippen LogP contribution is 2.19. The highest BCUT2D eigenvalue weighted by molar-refractivity contribution is 5.74. The number of pyridine rings is 2. The summed E-state index contributed by atoms with van der Waals surface area (Å²) in [7, 11) is 3.96. The largest absolute Gasteiger partial charge is 0.381 e. The van der Waals surface area contributed by atoms with E-state index < -0.39 is 0 Å². The topological polar surface area (TPSA) is 73.4 Å². The van der Waals surface area contributed by atoms with Crippen LogP contribution in [0.4, 0.5) is 16.3 Å². The molecule has 0 unspecified atom stereocenters. The fourth-order valence-electron chi connectivity index (χ4n) is 3.43. The Balaban J connectivity index is 1.50. The molecule has 2 aromatic heterocycles. The van der Waals surface area contributed by atoms with Gasteiger partial charge in [0.15, 0.2) is 0 Å². The Labute approximate surface area is 167 Å². The molecule has 2 amide bonds. The van der Waals surface area contributed by atoms with Crippen molar-refractivity contribution in [2.75, 3.05) is 37.4 Å². The standard InChI is InChI=1S/C21H30N6O/c1-16(17-8-11-22-12-9-17)24-21(28)27-13-4-5-18(10-14-27)25-19-6-7-20(23-15-19)26(2)3/h6-9,11-12,15-16,18,25H,4-5,10,13-14H2,1-3H3,(H,24,28)/t16-,18+/m0/s1. The van der Waals surface area contributed by atoms with E-state index in [2.05, 4.69) is 26.7 Å². The second-order valence-electron chi connectivity index (χ2n) is 7.51. The lowest BCUT2D eigenvalue weighted by atomic mass is 10.1. The first-order valence-electron chi connectivity index (χ1n) is 9.88. The summed E-state index contributed by atoms with van der Waals surface area (Å²) in [6.07, 6.45) is 8.32. The molecule has 2 atom stereocenters. The Hall–Kier alpha value is -2.83. The molecule has 0 spiro atoms. The van der Waals surface area contributed by atoms with Crippen molar-refractivity contribution in [3.8, 4) is 0 Å². The van der Waals surface area contributed by atoms with Crippen molar-refractivity contribution >= 4 is 17.5 Å². The molecule has 1 aliphatic heterocycles. The molecule has 3 heterocycles. The molecular formula is C21H30N6O. The summed E-state index contributed by atoms with van der Waals surface area (Å²) in [6, 6.07) is 8.26. The lowest BCUT2D eigenvalue weighted by Gasteiger charge is -2.24. The maximum absolute atomic E-state index is 12.7. The zero-order chi connectivity index (χ0) is 19.9. The van der Waals surface area contributed by atoms with Crippen LogP contribution < -0.4 is 15.5 Å². The second-order valence-corrected chi connectivity index (χ2v) is 7.51. The van der Waals surface area contributed by atoms with Crippen LogP contribution >= 0.6 is 0 Å². The number of amides is 2. The van der Waals surface area contributed by atoms with Gasteiger partial charge in [-0.15, -0.1) is 0 Å². The lowest BCUT2D eigenvalue weighted by Crippen LogP contribution is -2.41. The molecule has 28 heavy (non-hydrogen) atoms. The summed E-state index contributed by atoms with van der Waals surface area (Å²) in [6.45, 7) is 3.53. The van der Waals surface area contributed by atoms with Gasteiger partial charge in [0.05, 0.1) is 17.9 Å². The van der Waals surface area contributed by atoms with Crippen LogP contribution in [-0.2, 0) is 0 Å². The molecule has 0 radical (unpaired) electrons. The highest BCUT2D eigenvalue weighted by atomic mass is 16.2. The van der Waals surface area contributed by atoms with Crippen molar-refractivity contribution < 1.29 is 4.79 Å². The average molecular weight is 383 g/mol. The van der Waals surface area contributed by atoms with E-state index in [0.717, 1.165) is 49.4 Å². The molecule has 7 heteroatoms. The zero-order valence-corrected chi connectivity index (χ0v) is 16.9. The number of urea groups is 1. The van der Waals surface area contributed by atoms with Crippen LogP contribution in [0.2, 0.25) is 0 Å². The molecule has 7 nitrogen and oxygen atoms in total. The minimum absolute atomic E-state index is 0.00182. The van der Waals surface area contributed by atoms with Gasteiger partial charge in [-0.25, -0.2) is 9.78 Å². The SMILES string of the molecule is C[C@H](NC(=O)N1CCC[C@@H](Nc2ccc(N(C)C)nc2)CC1)c1ccncc1. The van der Waals surface area contributed by atoms with Gasteiger partial charge in [0.25, 0.3) is 0 Å². The molecule has 0 saturated carbocycles. The van der Waals surface area contributed by atoms with Gasteiger partial charge in [0, 0.05) is 45.6 Å². The number of carbonyl (C=O) groups excluding carboxylic acids is 1. The summed E-state index contributed by atoms with van der Waals surface area (Å²) < 4.78 is 0. The van der Waals surface area contributed by atoms with E-state index in [1.807, 2.05) is 55.2 Å². The number of hydrogen-bond acceptors (Lipinski definition) is 5. The third-order valence-electron chi connectivity index (χ3n) is 5.14. The van der Waals surface area contributed by atoms with Crippen molar-refractivity contribution in [3.05, 3.63) is 48.4 Å². The Kier molecular flexibility index (Phi) is 6.68. The van der Waals surface area contributed by atoms with E-state index in [0.29, 0.717) is 6.04 Å². The van der Waals surface area contributed by atoms with E-state index in [-0.39, 0.29) is 12.1 Å². The lowest BCUT2D eigenvalue weighted by molar-refractivity contribution is 0.196. The van der Waals surface area contributed by atoms with Crippen LogP contribution in [0, 0.1) is 0 Å². The molecule has 0 aromatic carbocycles. The van der Waals surface area contributed by atoms with Gasteiger partial charge in [-0.2, -0.15) is 0 Å². The summed E-state index contributed by atoms with van der Waals surface area (Å²) >= 11 is 0. The van der Waals surface area contributed by atoms with Crippen LogP contribution in [-0.4, -0.2) is 54.1 Å². The molecule has 1 aliphatic rings. The Morgan fingerprint density at radius 3 is 2.64 bits per heavy atom.